The fraction of sp³-hybridized carbons (Fsp3) is 0.333. The van der Waals surface area contributed by atoms with Crippen molar-refractivity contribution in [3.8, 4) is 0 Å². The number of amidine groups is 1. The Bertz CT molecular complexity index is 1320. The van der Waals surface area contributed by atoms with Crippen LogP contribution in [0, 0.1) is 0 Å². The third-order valence-corrected chi connectivity index (χ3v) is 7.50. The largest absolute Gasteiger partial charge is 0.324 e. The second-order valence-corrected chi connectivity index (χ2v) is 10.3. The highest BCUT2D eigenvalue weighted by molar-refractivity contribution is 7.59. The zero-order valence-electron chi connectivity index (χ0n) is 20.0. The zero-order valence-corrected chi connectivity index (χ0v) is 22.5. The molecule has 2 aromatic heterocycles. The molecule has 8 nitrogen and oxygen atoms in total. The average molecular weight is 530 g/mol. The van der Waals surface area contributed by atoms with Gasteiger partial charge >= 0.3 is 6.03 Å². The van der Waals surface area contributed by atoms with E-state index in [1.54, 1.807) is 11.3 Å². The molecule has 0 fully saturated rings. The highest BCUT2D eigenvalue weighted by atomic mass is 35.5. The first kappa shape index (κ1) is 25.4. The SMILES string of the molecule is CN(C)[C@@H](NC(=O)N1CC2=C(CN=C2Nc2nc(Cl)nc3ccsc23)C1(C)C)c1ccccc1.S. The van der Waals surface area contributed by atoms with Crippen LogP contribution >= 0.6 is 36.4 Å². The van der Waals surface area contributed by atoms with Gasteiger partial charge < -0.3 is 15.5 Å². The first-order valence-electron chi connectivity index (χ1n) is 11.0. The number of nitrogens with one attached hydrogen (secondary N) is 2. The van der Waals surface area contributed by atoms with E-state index in [0.717, 1.165) is 32.8 Å². The highest BCUT2D eigenvalue weighted by Gasteiger charge is 2.46. The number of rotatable bonds is 4. The van der Waals surface area contributed by atoms with E-state index in [9.17, 15) is 4.79 Å². The van der Waals surface area contributed by atoms with Crippen molar-refractivity contribution in [2.75, 3.05) is 32.5 Å². The van der Waals surface area contributed by atoms with Crippen molar-refractivity contribution >= 4 is 64.3 Å². The molecule has 11 heteroatoms. The number of aromatic nitrogens is 2. The van der Waals surface area contributed by atoms with Gasteiger partial charge in [0.05, 0.1) is 28.8 Å². The van der Waals surface area contributed by atoms with Gasteiger partial charge in [0, 0.05) is 5.57 Å². The lowest BCUT2D eigenvalue weighted by atomic mass is 9.94. The molecule has 1 atom stereocenters. The van der Waals surface area contributed by atoms with Crippen LogP contribution in [0.15, 0.2) is 57.9 Å². The number of hydrogen-bond acceptors (Lipinski definition) is 7. The maximum absolute atomic E-state index is 13.5. The smallest absolute Gasteiger partial charge is 0.319 e. The second kappa shape index (κ2) is 9.77. The van der Waals surface area contributed by atoms with Gasteiger partial charge in [0.15, 0.2) is 5.82 Å². The normalized spacial score (nSPS) is 17.3. The summed E-state index contributed by atoms with van der Waals surface area (Å²) in [6, 6.07) is 11.8. The predicted octanol–water partition coefficient (Wildman–Crippen LogP) is 4.64. The molecule has 2 aliphatic rings. The Morgan fingerprint density at radius 2 is 1.94 bits per heavy atom. The molecule has 0 bridgehead atoms. The Kier molecular flexibility index (Phi) is 7.10. The van der Waals surface area contributed by atoms with E-state index in [1.165, 1.54) is 0 Å². The summed E-state index contributed by atoms with van der Waals surface area (Å²) in [5.41, 5.74) is 3.52. The minimum Gasteiger partial charge on any atom is -0.324 e. The third-order valence-electron chi connectivity index (χ3n) is 6.43. The maximum Gasteiger partial charge on any atom is 0.319 e. The number of aliphatic imine (C=N–C) groups is 1. The van der Waals surface area contributed by atoms with E-state index in [4.69, 9.17) is 16.6 Å². The molecule has 0 unspecified atom stereocenters. The van der Waals surface area contributed by atoms with Crippen molar-refractivity contribution in [1.29, 1.82) is 0 Å². The number of carbonyl (C=O) groups is 1. The molecule has 2 amide bonds. The number of amides is 2. The Morgan fingerprint density at radius 3 is 2.66 bits per heavy atom. The number of benzene rings is 1. The predicted molar refractivity (Wildman–Crippen MR) is 148 cm³/mol. The Morgan fingerprint density at radius 1 is 1.20 bits per heavy atom. The molecule has 0 saturated carbocycles. The van der Waals surface area contributed by atoms with Gasteiger partial charge in [-0.2, -0.15) is 18.5 Å². The molecule has 4 heterocycles. The van der Waals surface area contributed by atoms with Gasteiger partial charge in [-0.1, -0.05) is 30.3 Å². The Hall–Kier alpha value is -2.66. The lowest BCUT2D eigenvalue weighted by Gasteiger charge is -2.36. The topological polar surface area (TPSA) is 85.8 Å². The summed E-state index contributed by atoms with van der Waals surface area (Å²) in [5.74, 6) is 1.37. The van der Waals surface area contributed by atoms with Crippen molar-refractivity contribution in [2.45, 2.75) is 25.6 Å². The molecule has 3 aromatic rings. The monoisotopic (exact) mass is 529 g/mol. The van der Waals surface area contributed by atoms with Gasteiger partial charge in [-0.05, 0) is 62.1 Å². The third kappa shape index (κ3) is 4.63. The molecule has 0 saturated heterocycles. The number of thiophene rings is 1. The average Bonchev–Trinajstić information content (AvgIpc) is 3.48. The summed E-state index contributed by atoms with van der Waals surface area (Å²) >= 11 is 7.68. The zero-order chi connectivity index (χ0) is 24.0. The van der Waals surface area contributed by atoms with Gasteiger partial charge in [0.1, 0.15) is 12.0 Å². The molecule has 2 N–H and O–H groups in total. The summed E-state index contributed by atoms with van der Waals surface area (Å²) in [6.45, 7) is 5.14. The molecule has 184 valence electrons. The van der Waals surface area contributed by atoms with Crippen molar-refractivity contribution in [1.82, 2.24) is 25.1 Å². The molecule has 0 spiro atoms. The number of halogens is 1. The van der Waals surface area contributed by atoms with Crippen LogP contribution in [0.5, 0.6) is 0 Å². The molecule has 0 radical (unpaired) electrons. The number of urea groups is 1. The van der Waals surface area contributed by atoms with Crippen LogP contribution in [0.2, 0.25) is 5.28 Å². The molecular weight excluding hydrogens is 502 g/mol. The van der Waals surface area contributed by atoms with Gasteiger partial charge in [-0.3, -0.25) is 9.89 Å². The summed E-state index contributed by atoms with van der Waals surface area (Å²) in [6.07, 6.45) is -0.235. The first-order chi connectivity index (χ1) is 16.3. The second-order valence-electron chi connectivity index (χ2n) is 9.09. The molecule has 0 aliphatic carbocycles. The highest BCUT2D eigenvalue weighted by Crippen LogP contribution is 2.39. The fourth-order valence-electron chi connectivity index (χ4n) is 4.56. The summed E-state index contributed by atoms with van der Waals surface area (Å²) < 4.78 is 0.921. The lowest BCUT2D eigenvalue weighted by molar-refractivity contribution is 0.152. The molecular formula is C24H28ClN7OS2. The van der Waals surface area contributed by atoms with Crippen molar-refractivity contribution in [3.63, 3.8) is 0 Å². The van der Waals surface area contributed by atoms with E-state index in [2.05, 4.69) is 34.4 Å². The van der Waals surface area contributed by atoms with Crippen LogP contribution in [0.4, 0.5) is 10.6 Å². The fourth-order valence-corrected chi connectivity index (χ4v) is 5.51. The van der Waals surface area contributed by atoms with Crippen LogP contribution < -0.4 is 10.6 Å². The van der Waals surface area contributed by atoms with Crippen molar-refractivity contribution in [2.24, 2.45) is 4.99 Å². The molecule has 2 aliphatic heterocycles. The van der Waals surface area contributed by atoms with E-state index >= 15 is 0 Å². The van der Waals surface area contributed by atoms with E-state index in [-0.39, 0.29) is 31.0 Å². The summed E-state index contributed by atoms with van der Waals surface area (Å²) in [5, 5.41) is 8.71. The van der Waals surface area contributed by atoms with Crippen LogP contribution in [0.3, 0.4) is 0 Å². The Balaban J connectivity index is 0.00000289. The van der Waals surface area contributed by atoms with Gasteiger partial charge in [0.2, 0.25) is 5.28 Å². The number of anilines is 1. The van der Waals surface area contributed by atoms with E-state index in [1.807, 2.05) is 65.7 Å². The van der Waals surface area contributed by atoms with Crippen molar-refractivity contribution < 1.29 is 4.79 Å². The standard InChI is InChI=1S/C24H26ClN7OS.H2S/c1-24(2)16-12-26-19(28-20-18-17(10-11-34-18)27-22(25)29-20)15(16)13-32(24)23(33)30-21(31(3)4)14-8-6-5-7-9-14;/h5-11,21H,12-13H2,1-4H3,(H,30,33)(H,26,27,28,29);1H2/t21-;/m1./s1. The van der Waals surface area contributed by atoms with Crippen LogP contribution in [-0.2, 0) is 0 Å². The van der Waals surface area contributed by atoms with Gasteiger partial charge in [-0.25, -0.2) is 9.78 Å². The van der Waals surface area contributed by atoms with Crippen LogP contribution in [-0.4, -0.2) is 64.4 Å². The quantitative estimate of drug-likeness (QED) is 0.380. The van der Waals surface area contributed by atoms with E-state index < -0.39 is 5.54 Å². The van der Waals surface area contributed by atoms with Crippen LogP contribution in [0.25, 0.3) is 10.2 Å². The maximum atomic E-state index is 13.5. The summed E-state index contributed by atoms with van der Waals surface area (Å²) in [7, 11) is 3.91. The minimum atomic E-state index is -0.471. The number of carbonyl (C=O) groups excluding carboxylic acids is 1. The molecule has 5 rings (SSSR count). The van der Waals surface area contributed by atoms with Gasteiger partial charge in [-0.15, -0.1) is 11.3 Å². The number of fused-ring (bicyclic) bond motifs is 1. The minimum absolute atomic E-state index is 0. The van der Waals surface area contributed by atoms with Crippen molar-refractivity contribution in [3.05, 3.63) is 63.8 Å². The number of hydrogen-bond donors (Lipinski definition) is 2. The Labute approximate surface area is 220 Å². The van der Waals surface area contributed by atoms with Crippen LogP contribution in [0.1, 0.15) is 25.6 Å². The van der Waals surface area contributed by atoms with Gasteiger partial charge in [0.25, 0.3) is 0 Å². The lowest BCUT2D eigenvalue weighted by Crippen LogP contribution is -2.52. The molecule has 35 heavy (non-hydrogen) atoms. The number of nitrogens with zero attached hydrogens (tertiary/aromatic N) is 5. The van der Waals surface area contributed by atoms with E-state index in [0.29, 0.717) is 18.9 Å². The first-order valence-corrected chi connectivity index (χ1v) is 12.3. The molecule has 1 aromatic carbocycles. The summed E-state index contributed by atoms with van der Waals surface area (Å²) in [4.78, 5) is 30.8.